The molecule has 1 aliphatic rings. The predicted octanol–water partition coefficient (Wildman–Crippen LogP) is 5.24. The molecular weight excluding hydrogens is 451 g/mol. The highest BCUT2D eigenvalue weighted by Gasteiger charge is 2.27. The number of hydrogen-bond acceptors (Lipinski definition) is 6. The van der Waals surface area contributed by atoms with E-state index in [2.05, 4.69) is 36.2 Å². The molecule has 0 aliphatic carbocycles. The van der Waals surface area contributed by atoms with Gasteiger partial charge in [-0.3, -0.25) is 4.98 Å². The Balaban J connectivity index is 1.55. The number of benzene rings is 2. The molecule has 1 aliphatic heterocycles. The number of pyridine rings is 1. The summed E-state index contributed by atoms with van der Waals surface area (Å²) in [7, 11) is 0. The molecule has 5 rings (SSSR count). The Morgan fingerprint density at radius 1 is 1.13 bits per heavy atom. The van der Waals surface area contributed by atoms with E-state index >= 15 is 0 Å². The van der Waals surface area contributed by atoms with Gasteiger partial charge in [0, 0.05) is 21.5 Å². The SMILES string of the molecule is C[C@@H](Oc1cc(Br)cc2ncnc(Nc3ccc4ncc(F)cc4c3)c12)C1COC1. The third kappa shape index (κ3) is 3.68. The number of hydrogen-bond donors (Lipinski definition) is 1. The summed E-state index contributed by atoms with van der Waals surface area (Å²) in [5.41, 5.74) is 2.24. The van der Waals surface area contributed by atoms with E-state index in [1.807, 2.05) is 37.3 Å². The highest BCUT2D eigenvalue weighted by atomic mass is 79.9. The maximum absolute atomic E-state index is 13.6. The zero-order valence-electron chi connectivity index (χ0n) is 16.1. The summed E-state index contributed by atoms with van der Waals surface area (Å²) in [6.07, 6.45) is 2.72. The van der Waals surface area contributed by atoms with Gasteiger partial charge in [0.1, 0.15) is 29.8 Å². The number of aromatic nitrogens is 3. The molecule has 0 radical (unpaired) electrons. The molecule has 152 valence electrons. The van der Waals surface area contributed by atoms with Gasteiger partial charge in [0.25, 0.3) is 0 Å². The molecule has 8 heteroatoms. The van der Waals surface area contributed by atoms with Crippen molar-refractivity contribution in [2.24, 2.45) is 5.92 Å². The fourth-order valence-electron chi connectivity index (χ4n) is 3.45. The number of rotatable bonds is 5. The lowest BCUT2D eigenvalue weighted by Crippen LogP contribution is -2.39. The third-order valence-corrected chi connectivity index (χ3v) is 5.68. The molecular formula is C22H18BrFN4O2. The monoisotopic (exact) mass is 468 g/mol. The van der Waals surface area contributed by atoms with Gasteiger partial charge in [-0.15, -0.1) is 0 Å². The first-order chi connectivity index (χ1) is 14.6. The Hall–Kier alpha value is -2.84. The van der Waals surface area contributed by atoms with Gasteiger partial charge in [-0.25, -0.2) is 14.4 Å². The zero-order chi connectivity index (χ0) is 20.7. The molecule has 0 bridgehead atoms. The molecule has 1 saturated heterocycles. The molecule has 1 atom stereocenters. The molecule has 1 N–H and O–H groups in total. The number of nitrogens with zero attached hydrogens (tertiary/aromatic N) is 3. The van der Waals surface area contributed by atoms with Crippen molar-refractivity contribution in [3.63, 3.8) is 0 Å². The standard InChI is InChI=1S/C22H18BrFN4O2/c1-12(14-9-29-10-14)30-20-7-15(23)6-19-21(20)22(27-11-26-19)28-17-2-3-18-13(5-17)4-16(24)8-25-18/h2-8,11-12,14H,9-10H2,1H3,(H,26,27,28)/t12-/m1/s1. The van der Waals surface area contributed by atoms with Crippen LogP contribution in [0.15, 0.2) is 53.4 Å². The Bertz CT molecular complexity index is 1250. The number of halogens is 2. The molecule has 6 nitrogen and oxygen atoms in total. The van der Waals surface area contributed by atoms with Crippen molar-refractivity contribution in [1.29, 1.82) is 0 Å². The molecule has 3 heterocycles. The van der Waals surface area contributed by atoms with E-state index in [4.69, 9.17) is 9.47 Å². The van der Waals surface area contributed by atoms with E-state index in [0.717, 1.165) is 26.6 Å². The van der Waals surface area contributed by atoms with E-state index in [1.165, 1.54) is 18.6 Å². The molecule has 1 fully saturated rings. The van der Waals surface area contributed by atoms with Gasteiger partial charge in [-0.1, -0.05) is 15.9 Å². The lowest BCUT2D eigenvalue weighted by Gasteiger charge is -2.32. The molecule has 4 aromatic rings. The van der Waals surface area contributed by atoms with Crippen LogP contribution in [0.2, 0.25) is 0 Å². The minimum Gasteiger partial charge on any atom is -0.489 e. The third-order valence-electron chi connectivity index (χ3n) is 5.22. The molecule has 30 heavy (non-hydrogen) atoms. The van der Waals surface area contributed by atoms with Crippen LogP contribution in [0.3, 0.4) is 0 Å². The van der Waals surface area contributed by atoms with Crippen LogP contribution in [-0.2, 0) is 4.74 Å². The summed E-state index contributed by atoms with van der Waals surface area (Å²) < 4.78 is 26.0. The lowest BCUT2D eigenvalue weighted by atomic mass is 10.0. The Kier molecular flexibility index (Phi) is 4.96. The van der Waals surface area contributed by atoms with Crippen molar-refractivity contribution >= 4 is 49.2 Å². The number of fused-ring (bicyclic) bond motifs is 2. The summed E-state index contributed by atoms with van der Waals surface area (Å²) in [4.78, 5) is 13.0. The number of nitrogens with one attached hydrogen (secondary N) is 1. The smallest absolute Gasteiger partial charge is 0.145 e. The first-order valence-electron chi connectivity index (χ1n) is 9.58. The highest BCUT2D eigenvalue weighted by Crippen LogP contribution is 2.36. The van der Waals surface area contributed by atoms with Crippen LogP contribution in [0.25, 0.3) is 21.8 Å². The van der Waals surface area contributed by atoms with Gasteiger partial charge in [-0.05, 0) is 43.3 Å². The van der Waals surface area contributed by atoms with Gasteiger partial charge in [0.05, 0.1) is 35.8 Å². The van der Waals surface area contributed by atoms with Crippen LogP contribution >= 0.6 is 15.9 Å². The van der Waals surface area contributed by atoms with E-state index < -0.39 is 0 Å². The van der Waals surface area contributed by atoms with Crippen molar-refractivity contribution in [3.8, 4) is 5.75 Å². The van der Waals surface area contributed by atoms with Crippen LogP contribution in [0.1, 0.15) is 6.92 Å². The molecule has 0 saturated carbocycles. The molecule has 0 unspecified atom stereocenters. The Morgan fingerprint density at radius 3 is 2.80 bits per heavy atom. The van der Waals surface area contributed by atoms with Crippen molar-refractivity contribution in [2.45, 2.75) is 13.0 Å². The molecule has 0 amide bonds. The van der Waals surface area contributed by atoms with Gasteiger partial charge < -0.3 is 14.8 Å². The molecule has 2 aromatic carbocycles. The number of anilines is 2. The first-order valence-corrected chi connectivity index (χ1v) is 10.4. The molecule has 0 spiro atoms. The minimum absolute atomic E-state index is 0.000903. The summed E-state index contributed by atoms with van der Waals surface area (Å²) in [5.74, 6) is 1.29. The van der Waals surface area contributed by atoms with Crippen LogP contribution in [-0.4, -0.2) is 34.3 Å². The summed E-state index contributed by atoms with van der Waals surface area (Å²) in [6, 6.07) is 10.9. The van der Waals surface area contributed by atoms with Crippen LogP contribution in [0.4, 0.5) is 15.9 Å². The number of ether oxygens (including phenoxy) is 2. The van der Waals surface area contributed by atoms with Gasteiger partial charge in [-0.2, -0.15) is 0 Å². The highest BCUT2D eigenvalue weighted by molar-refractivity contribution is 9.10. The second kappa shape index (κ2) is 7.77. The second-order valence-corrected chi connectivity index (χ2v) is 8.24. The van der Waals surface area contributed by atoms with Gasteiger partial charge in [0.2, 0.25) is 0 Å². The fourth-order valence-corrected chi connectivity index (χ4v) is 3.87. The van der Waals surface area contributed by atoms with Crippen LogP contribution in [0.5, 0.6) is 5.75 Å². The summed E-state index contributed by atoms with van der Waals surface area (Å²) in [6.45, 7) is 3.45. The average Bonchev–Trinajstić information content (AvgIpc) is 2.66. The van der Waals surface area contributed by atoms with Gasteiger partial charge >= 0.3 is 0 Å². The van der Waals surface area contributed by atoms with Crippen LogP contribution < -0.4 is 10.1 Å². The quantitative estimate of drug-likeness (QED) is 0.432. The summed E-state index contributed by atoms with van der Waals surface area (Å²) >= 11 is 3.54. The molecule has 2 aromatic heterocycles. The van der Waals surface area contributed by atoms with Crippen molar-refractivity contribution in [2.75, 3.05) is 18.5 Å². The first kappa shape index (κ1) is 19.1. The van der Waals surface area contributed by atoms with Gasteiger partial charge in [0.15, 0.2) is 0 Å². The summed E-state index contributed by atoms with van der Waals surface area (Å²) in [5, 5.41) is 4.81. The minimum atomic E-state index is -0.373. The maximum Gasteiger partial charge on any atom is 0.145 e. The van der Waals surface area contributed by atoms with E-state index in [0.29, 0.717) is 36.1 Å². The van der Waals surface area contributed by atoms with Crippen molar-refractivity contribution < 1.29 is 13.9 Å². The lowest BCUT2D eigenvalue weighted by molar-refractivity contribution is -0.0773. The van der Waals surface area contributed by atoms with Crippen molar-refractivity contribution in [3.05, 3.63) is 59.2 Å². The zero-order valence-corrected chi connectivity index (χ0v) is 17.7. The van der Waals surface area contributed by atoms with E-state index in [1.54, 1.807) is 0 Å². The Labute approximate surface area is 180 Å². The second-order valence-electron chi connectivity index (χ2n) is 7.33. The van der Waals surface area contributed by atoms with E-state index in [9.17, 15) is 4.39 Å². The Morgan fingerprint density at radius 2 is 2.00 bits per heavy atom. The average molecular weight is 469 g/mol. The topological polar surface area (TPSA) is 69.2 Å². The predicted molar refractivity (Wildman–Crippen MR) is 117 cm³/mol. The normalized spacial score (nSPS) is 15.2. The van der Waals surface area contributed by atoms with E-state index in [-0.39, 0.29) is 11.9 Å². The largest absolute Gasteiger partial charge is 0.489 e. The van der Waals surface area contributed by atoms with Crippen molar-refractivity contribution in [1.82, 2.24) is 15.0 Å². The maximum atomic E-state index is 13.6. The van der Waals surface area contributed by atoms with Crippen LogP contribution in [0, 0.1) is 11.7 Å². The fraction of sp³-hybridized carbons (Fsp3) is 0.227.